The van der Waals surface area contributed by atoms with Crippen LogP contribution in [0.4, 0.5) is 0 Å². The van der Waals surface area contributed by atoms with E-state index in [0.717, 1.165) is 24.1 Å². The van der Waals surface area contributed by atoms with Crippen LogP contribution in [0.3, 0.4) is 0 Å². The van der Waals surface area contributed by atoms with Crippen molar-refractivity contribution in [2.24, 2.45) is 12.1 Å². The summed E-state index contributed by atoms with van der Waals surface area (Å²) in [4.78, 5) is 11.9. The zero-order chi connectivity index (χ0) is 12.4. The Bertz CT molecular complexity index is 445. The van der Waals surface area contributed by atoms with E-state index in [-0.39, 0.29) is 11.9 Å². The van der Waals surface area contributed by atoms with Gasteiger partial charge in [-0.25, -0.2) is 5.01 Å². The van der Waals surface area contributed by atoms with Gasteiger partial charge in [-0.05, 0) is 12.8 Å². The summed E-state index contributed by atoms with van der Waals surface area (Å²) < 4.78 is 1.72. The lowest BCUT2D eigenvalue weighted by Gasteiger charge is -2.21. The van der Waals surface area contributed by atoms with Crippen LogP contribution in [0, 0.1) is 0 Å². The van der Waals surface area contributed by atoms with Crippen molar-refractivity contribution >= 4 is 11.6 Å². The van der Waals surface area contributed by atoms with Crippen molar-refractivity contribution in [3.05, 3.63) is 18.0 Å². The van der Waals surface area contributed by atoms with Crippen molar-refractivity contribution in [1.82, 2.24) is 14.8 Å². The number of rotatable bonds is 4. The first-order valence-electron chi connectivity index (χ1n) is 6.04. The van der Waals surface area contributed by atoms with E-state index in [4.69, 9.17) is 0 Å². The molecular formula is C12H18N4O. The Labute approximate surface area is 101 Å². The lowest BCUT2D eigenvalue weighted by atomic mass is 10.1. The van der Waals surface area contributed by atoms with Gasteiger partial charge in [-0.3, -0.25) is 9.48 Å². The molecule has 1 amide bonds. The van der Waals surface area contributed by atoms with Gasteiger partial charge in [-0.15, -0.1) is 0 Å². The quantitative estimate of drug-likeness (QED) is 0.793. The third-order valence-corrected chi connectivity index (χ3v) is 3.13. The van der Waals surface area contributed by atoms with Crippen molar-refractivity contribution in [2.45, 2.75) is 39.2 Å². The molecule has 2 heterocycles. The molecule has 5 heteroatoms. The Morgan fingerprint density at radius 2 is 2.12 bits per heavy atom. The second kappa shape index (κ2) is 4.69. The molecule has 0 atom stereocenters. The molecule has 0 bridgehead atoms. The van der Waals surface area contributed by atoms with Gasteiger partial charge in [-0.2, -0.15) is 10.2 Å². The number of aromatic nitrogens is 2. The Balaban J connectivity index is 2.22. The zero-order valence-corrected chi connectivity index (χ0v) is 10.6. The summed E-state index contributed by atoms with van der Waals surface area (Å²) in [6.45, 7) is 4.16. The van der Waals surface area contributed by atoms with Gasteiger partial charge in [-0.1, -0.05) is 13.8 Å². The summed E-state index contributed by atoms with van der Waals surface area (Å²) in [5.41, 5.74) is 1.77. The molecule has 1 aliphatic heterocycles. The number of amides is 1. The molecule has 0 saturated carbocycles. The Kier molecular flexibility index (Phi) is 3.26. The van der Waals surface area contributed by atoms with Crippen LogP contribution in [-0.2, 0) is 11.8 Å². The van der Waals surface area contributed by atoms with Crippen molar-refractivity contribution in [3.63, 3.8) is 0 Å². The van der Waals surface area contributed by atoms with Crippen LogP contribution in [0.15, 0.2) is 17.5 Å². The molecule has 0 aliphatic carbocycles. The van der Waals surface area contributed by atoms with Crippen molar-refractivity contribution in [2.75, 3.05) is 0 Å². The number of hydrogen-bond donors (Lipinski definition) is 0. The molecule has 5 nitrogen and oxygen atoms in total. The molecule has 1 aromatic rings. The van der Waals surface area contributed by atoms with Crippen molar-refractivity contribution < 1.29 is 4.79 Å². The van der Waals surface area contributed by atoms with Gasteiger partial charge in [0.25, 0.3) is 0 Å². The van der Waals surface area contributed by atoms with Gasteiger partial charge in [0.2, 0.25) is 5.91 Å². The van der Waals surface area contributed by atoms with E-state index in [1.165, 1.54) is 0 Å². The smallest absolute Gasteiger partial charge is 0.249 e. The van der Waals surface area contributed by atoms with E-state index in [2.05, 4.69) is 24.0 Å². The minimum Gasteiger partial charge on any atom is -0.275 e. The van der Waals surface area contributed by atoms with Crippen LogP contribution in [0.5, 0.6) is 0 Å². The maximum atomic E-state index is 11.9. The van der Waals surface area contributed by atoms with Gasteiger partial charge >= 0.3 is 0 Å². The van der Waals surface area contributed by atoms with Crippen LogP contribution in [0.25, 0.3) is 0 Å². The lowest BCUT2D eigenvalue weighted by molar-refractivity contribution is -0.130. The zero-order valence-electron chi connectivity index (χ0n) is 10.6. The normalized spacial score (nSPS) is 15.9. The van der Waals surface area contributed by atoms with Gasteiger partial charge in [0, 0.05) is 18.8 Å². The summed E-state index contributed by atoms with van der Waals surface area (Å²) in [5.74, 6) is 0.0950. The van der Waals surface area contributed by atoms with Crippen LogP contribution >= 0.6 is 0 Å². The maximum Gasteiger partial charge on any atom is 0.249 e. The van der Waals surface area contributed by atoms with Crippen LogP contribution in [0.1, 0.15) is 38.7 Å². The average molecular weight is 234 g/mol. The Hall–Kier alpha value is -1.65. The highest BCUT2D eigenvalue weighted by atomic mass is 16.2. The first-order valence-corrected chi connectivity index (χ1v) is 6.04. The van der Waals surface area contributed by atoms with E-state index in [1.807, 2.05) is 13.2 Å². The SMILES string of the molecule is CCC(CC)N1N=C(c2cnn(C)c2)CC1=O. The minimum absolute atomic E-state index is 0.0950. The molecular weight excluding hydrogens is 216 g/mol. The lowest BCUT2D eigenvalue weighted by Crippen LogP contribution is -2.31. The summed E-state index contributed by atoms with van der Waals surface area (Å²) in [6, 6.07) is 0.219. The Morgan fingerprint density at radius 1 is 1.41 bits per heavy atom. The molecule has 0 fully saturated rings. The molecule has 0 N–H and O–H groups in total. The summed E-state index contributed by atoms with van der Waals surface area (Å²) in [5, 5.41) is 10.2. The fourth-order valence-electron chi connectivity index (χ4n) is 2.10. The number of hydrogen-bond acceptors (Lipinski definition) is 3. The highest BCUT2D eigenvalue weighted by Crippen LogP contribution is 2.20. The molecule has 0 aromatic carbocycles. The number of aryl methyl sites for hydroxylation is 1. The summed E-state index contributed by atoms with van der Waals surface area (Å²) in [7, 11) is 1.86. The van der Waals surface area contributed by atoms with E-state index >= 15 is 0 Å². The van der Waals surface area contributed by atoms with E-state index in [0.29, 0.717) is 6.42 Å². The molecule has 2 rings (SSSR count). The Morgan fingerprint density at radius 3 is 2.65 bits per heavy atom. The number of nitrogens with zero attached hydrogens (tertiary/aromatic N) is 4. The monoisotopic (exact) mass is 234 g/mol. The highest BCUT2D eigenvalue weighted by Gasteiger charge is 2.29. The molecule has 1 aromatic heterocycles. The van der Waals surface area contributed by atoms with Crippen LogP contribution < -0.4 is 0 Å². The fraction of sp³-hybridized carbons (Fsp3) is 0.583. The van der Waals surface area contributed by atoms with Gasteiger partial charge < -0.3 is 0 Å². The molecule has 92 valence electrons. The van der Waals surface area contributed by atoms with E-state index in [9.17, 15) is 4.79 Å². The number of carbonyl (C=O) groups excluding carboxylic acids is 1. The molecule has 0 unspecified atom stereocenters. The van der Waals surface area contributed by atoms with E-state index < -0.39 is 0 Å². The van der Waals surface area contributed by atoms with Gasteiger partial charge in [0.05, 0.1) is 24.4 Å². The average Bonchev–Trinajstić information content (AvgIpc) is 2.88. The first kappa shape index (κ1) is 11.8. The summed E-state index contributed by atoms with van der Waals surface area (Å²) in [6.07, 6.45) is 5.91. The number of hydrazone groups is 1. The van der Waals surface area contributed by atoms with Crippen LogP contribution in [0.2, 0.25) is 0 Å². The second-order valence-electron chi connectivity index (χ2n) is 4.33. The molecule has 0 saturated heterocycles. The largest absolute Gasteiger partial charge is 0.275 e. The highest BCUT2D eigenvalue weighted by molar-refractivity contribution is 6.13. The first-order chi connectivity index (χ1) is 8.15. The van der Waals surface area contributed by atoms with Crippen molar-refractivity contribution in [3.8, 4) is 0 Å². The summed E-state index contributed by atoms with van der Waals surface area (Å²) >= 11 is 0. The predicted octanol–water partition coefficient (Wildman–Crippen LogP) is 1.55. The molecule has 0 spiro atoms. The van der Waals surface area contributed by atoms with Gasteiger partial charge in [0.1, 0.15) is 0 Å². The maximum absolute atomic E-state index is 11.9. The van der Waals surface area contributed by atoms with Crippen LogP contribution in [-0.4, -0.2) is 32.5 Å². The topological polar surface area (TPSA) is 50.5 Å². The molecule has 0 radical (unpaired) electrons. The molecule has 1 aliphatic rings. The fourth-order valence-corrected chi connectivity index (χ4v) is 2.10. The third kappa shape index (κ3) is 2.23. The standard InChI is InChI=1S/C12H18N4O/c1-4-10(5-2)16-12(17)6-11(14-16)9-7-13-15(3)8-9/h7-8,10H,4-6H2,1-3H3. The third-order valence-electron chi connectivity index (χ3n) is 3.13. The second-order valence-corrected chi connectivity index (χ2v) is 4.33. The molecule has 17 heavy (non-hydrogen) atoms. The van der Waals surface area contributed by atoms with Gasteiger partial charge in [0.15, 0.2) is 0 Å². The number of carbonyl (C=O) groups is 1. The predicted molar refractivity (Wildman–Crippen MR) is 65.6 cm³/mol. The minimum atomic E-state index is 0.0950. The van der Waals surface area contributed by atoms with Crippen molar-refractivity contribution in [1.29, 1.82) is 0 Å². The van der Waals surface area contributed by atoms with E-state index in [1.54, 1.807) is 15.9 Å².